The van der Waals surface area contributed by atoms with Gasteiger partial charge < -0.3 is 5.32 Å². The van der Waals surface area contributed by atoms with Crippen molar-refractivity contribution in [2.24, 2.45) is 5.92 Å². The smallest absolute Gasteiger partial charge is 0.0595 e. The standard InChI is InChI=1S/C15H22Cl2N2/c1-2-18-9-13-4-3-7-19(11-13)10-12-5-6-14(16)15(17)8-12/h5-6,8,13,18H,2-4,7,9-11H2,1H3. The summed E-state index contributed by atoms with van der Waals surface area (Å²) in [5.74, 6) is 0.775. The van der Waals surface area contributed by atoms with E-state index in [1.807, 2.05) is 12.1 Å². The minimum absolute atomic E-state index is 0.633. The molecule has 1 aliphatic heterocycles. The second kappa shape index (κ2) is 7.49. The van der Waals surface area contributed by atoms with E-state index in [1.165, 1.54) is 31.5 Å². The first-order chi connectivity index (χ1) is 9.19. The second-order valence-electron chi connectivity index (χ2n) is 5.30. The van der Waals surface area contributed by atoms with E-state index in [9.17, 15) is 0 Å². The summed E-state index contributed by atoms with van der Waals surface area (Å²) in [6.45, 7) is 7.68. The highest BCUT2D eigenvalue weighted by Crippen LogP contribution is 2.24. The molecule has 0 aliphatic carbocycles. The van der Waals surface area contributed by atoms with Crippen molar-refractivity contribution >= 4 is 23.2 Å². The summed E-state index contributed by atoms with van der Waals surface area (Å²) in [5, 5.41) is 4.74. The molecule has 2 nitrogen and oxygen atoms in total. The van der Waals surface area contributed by atoms with Crippen molar-refractivity contribution in [3.05, 3.63) is 33.8 Å². The third-order valence-corrected chi connectivity index (χ3v) is 4.42. The molecule has 4 heteroatoms. The van der Waals surface area contributed by atoms with E-state index < -0.39 is 0 Å². The second-order valence-corrected chi connectivity index (χ2v) is 6.11. The van der Waals surface area contributed by atoms with Crippen molar-refractivity contribution < 1.29 is 0 Å². The zero-order chi connectivity index (χ0) is 13.7. The van der Waals surface area contributed by atoms with Crippen molar-refractivity contribution in [1.29, 1.82) is 0 Å². The molecular formula is C15H22Cl2N2. The van der Waals surface area contributed by atoms with Gasteiger partial charge in [0.05, 0.1) is 10.0 Å². The van der Waals surface area contributed by atoms with Gasteiger partial charge in [0.2, 0.25) is 0 Å². The maximum Gasteiger partial charge on any atom is 0.0595 e. The lowest BCUT2D eigenvalue weighted by atomic mass is 9.97. The average molecular weight is 301 g/mol. The van der Waals surface area contributed by atoms with Crippen LogP contribution in [0.25, 0.3) is 0 Å². The van der Waals surface area contributed by atoms with Crippen molar-refractivity contribution in [3.8, 4) is 0 Å². The van der Waals surface area contributed by atoms with Gasteiger partial charge in [0.25, 0.3) is 0 Å². The molecule has 1 atom stereocenters. The van der Waals surface area contributed by atoms with Crippen LogP contribution in [-0.4, -0.2) is 31.1 Å². The van der Waals surface area contributed by atoms with E-state index in [0.717, 1.165) is 25.6 Å². The minimum Gasteiger partial charge on any atom is -0.317 e. The van der Waals surface area contributed by atoms with Gasteiger partial charge in [-0.15, -0.1) is 0 Å². The van der Waals surface area contributed by atoms with Gasteiger partial charge in [0.1, 0.15) is 0 Å². The lowest BCUT2D eigenvalue weighted by Crippen LogP contribution is -2.39. The van der Waals surface area contributed by atoms with Crippen LogP contribution in [0.1, 0.15) is 25.3 Å². The Bertz CT molecular complexity index is 409. The Labute approximate surface area is 126 Å². The number of piperidine rings is 1. The van der Waals surface area contributed by atoms with Crippen LogP contribution in [0.4, 0.5) is 0 Å². The Hall–Kier alpha value is -0.280. The fourth-order valence-electron chi connectivity index (χ4n) is 2.71. The molecule has 0 radical (unpaired) electrons. The fraction of sp³-hybridized carbons (Fsp3) is 0.600. The summed E-state index contributed by atoms with van der Waals surface area (Å²) in [6, 6.07) is 5.94. The molecule has 0 aromatic heterocycles. The predicted molar refractivity (Wildman–Crippen MR) is 83.0 cm³/mol. The van der Waals surface area contributed by atoms with Crippen LogP contribution in [0.5, 0.6) is 0 Å². The first-order valence-corrected chi connectivity index (χ1v) is 7.81. The van der Waals surface area contributed by atoms with Gasteiger partial charge in [0, 0.05) is 13.1 Å². The van der Waals surface area contributed by atoms with Gasteiger partial charge in [0.15, 0.2) is 0 Å². The normalized spacial score (nSPS) is 20.7. The molecule has 0 saturated carbocycles. The Morgan fingerprint density at radius 3 is 2.89 bits per heavy atom. The third kappa shape index (κ3) is 4.64. The molecule has 106 valence electrons. The van der Waals surface area contributed by atoms with Crippen molar-refractivity contribution in [3.63, 3.8) is 0 Å². The summed E-state index contributed by atoms with van der Waals surface area (Å²) in [7, 11) is 0. The average Bonchev–Trinajstić information content (AvgIpc) is 2.41. The fourth-order valence-corrected chi connectivity index (χ4v) is 3.03. The number of rotatable bonds is 5. The molecule has 1 N–H and O–H groups in total. The minimum atomic E-state index is 0.633. The molecule has 1 heterocycles. The predicted octanol–water partition coefficient (Wildman–Crippen LogP) is 3.81. The highest BCUT2D eigenvalue weighted by Gasteiger charge is 2.19. The monoisotopic (exact) mass is 300 g/mol. The summed E-state index contributed by atoms with van der Waals surface area (Å²) in [6.07, 6.45) is 2.63. The Morgan fingerprint density at radius 1 is 1.32 bits per heavy atom. The number of nitrogens with one attached hydrogen (secondary N) is 1. The van der Waals surface area contributed by atoms with Crippen LogP contribution in [0.15, 0.2) is 18.2 Å². The summed E-state index contributed by atoms with van der Waals surface area (Å²) < 4.78 is 0. The first-order valence-electron chi connectivity index (χ1n) is 7.06. The lowest BCUT2D eigenvalue weighted by molar-refractivity contribution is 0.166. The van der Waals surface area contributed by atoms with E-state index in [-0.39, 0.29) is 0 Å². The maximum absolute atomic E-state index is 6.07. The summed E-state index contributed by atoms with van der Waals surface area (Å²) >= 11 is 12.0. The van der Waals surface area contributed by atoms with Crippen LogP contribution < -0.4 is 5.32 Å². The zero-order valence-electron chi connectivity index (χ0n) is 11.5. The van der Waals surface area contributed by atoms with E-state index in [4.69, 9.17) is 23.2 Å². The van der Waals surface area contributed by atoms with Crippen LogP contribution in [0.3, 0.4) is 0 Å². The highest BCUT2D eigenvalue weighted by molar-refractivity contribution is 6.42. The molecule has 1 saturated heterocycles. The van der Waals surface area contributed by atoms with E-state index in [0.29, 0.717) is 10.0 Å². The zero-order valence-corrected chi connectivity index (χ0v) is 13.0. The van der Waals surface area contributed by atoms with Crippen LogP contribution in [0.2, 0.25) is 10.0 Å². The Morgan fingerprint density at radius 2 is 2.16 bits per heavy atom. The molecule has 19 heavy (non-hydrogen) atoms. The van der Waals surface area contributed by atoms with Crippen molar-refractivity contribution in [2.75, 3.05) is 26.2 Å². The number of benzene rings is 1. The molecule has 0 spiro atoms. The van der Waals surface area contributed by atoms with Gasteiger partial charge in [-0.2, -0.15) is 0 Å². The number of likely N-dealkylation sites (tertiary alicyclic amines) is 1. The van der Waals surface area contributed by atoms with Gasteiger partial charge >= 0.3 is 0 Å². The van der Waals surface area contributed by atoms with Gasteiger partial charge in [-0.05, 0) is 56.1 Å². The van der Waals surface area contributed by atoms with Crippen LogP contribution in [-0.2, 0) is 6.54 Å². The lowest BCUT2D eigenvalue weighted by Gasteiger charge is -2.33. The van der Waals surface area contributed by atoms with Gasteiger partial charge in [-0.1, -0.05) is 36.2 Å². The Balaban J connectivity index is 1.89. The topological polar surface area (TPSA) is 15.3 Å². The SMILES string of the molecule is CCNCC1CCCN(Cc2ccc(Cl)c(Cl)c2)C1. The molecule has 1 aliphatic rings. The van der Waals surface area contributed by atoms with Crippen LogP contribution in [0, 0.1) is 5.92 Å². The highest BCUT2D eigenvalue weighted by atomic mass is 35.5. The van der Waals surface area contributed by atoms with Gasteiger partial charge in [-0.3, -0.25) is 4.90 Å². The number of halogens is 2. The number of hydrogen-bond acceptors (Lipinski definition) is 2. The largest absolute Gasteiger partial charge is 0.317 e. The molecule has 1 aromatic rings. The molecular weight excluding hydrogens is 279 g/mol. The molecule has 0 bridgehead atoms. The molecule has 0 amide bonds. The quantitative estimate of drug-likeness (QED) is 0.889. The maximum atomic E-state index is 6.07. The summed E-state index contributed by atoms with van der Waals surface area (Å²) in [5.41, 5.74) is 1.25. The van der Waals surface area contributed by atoms with Gasteiger partial charge in [-0.25, -0.2) is 0 Å². The van der Waals surface area contributed by atoms with Crippen molar-refractivity contribution in [1.82, 2.24) is 10.2 Å². The van der Waals surface area contributed by atoms with E-state index >= 15 is 0 Å². The first kappa shape index (κ1) is 15.1. The Kier molecular flexibility index (Phi) is 5.96. The van der Waals surface area contributed by atoms with E-state index in [2.05, 4.69) is 23.2 Å². The molecule has 1 fully saturated rings. The van der Waals surface area contributed by atoms with Crippen molar-refractivity contribution in [2.45, 2.75) is 26.3 Å². The molecule has 1 aromatic carbocycles. The third-order valence-electron chi connectivity index (χ3n) is 3.68. The number of nitrogens with zero attached hydrogens (tertiary/aromatic N) is 1. The molecule has 1 unspecified atom stereocenters. The number of hydrogen-bond donors (Lipinski definition) is 1. The van der Waals surface area contributed by atoms with Crippen LogP contribution >= 0.6 is 23.2 Å². The summed E-state index contributed by atoms with van der Waals surface area (Å²) in [4.78, 5) is 2.52. The van der Waals surface area contributed by atoms with E-state index in [1.54, 1.807) is 0 Å². The molecule has 2 rings (SSSR count).